The number of hydrogen-bond acceptors (Lipinski definition) is 6. The third-order valence-corrected chi connectivity index (χ3v) is 6.53. The third-order valence-electron chi connectivity index (χ3n) is 5.16. The Morgan fingerprint density at radius 1 is 1.15 bits per heavy atom. The molecule has 1 fully saturated rings. The summed E-state index contributed by atoms with van der Waals surface area (Å²) in [5.74, 6) is 0.809. The van der Waals surface area contributed by atoms with Gasteiger partial charge in [0.25, 0.3) is 11.5 Å². The van der Waals surface area contributed by atoms with Crippen LogP contribution in [0.1, 0.15) is 36.1 Å². The Morgan fingerprint density at radius 3 is 2.52 bits per heavy atom. The van der Waals surface area contributed by atoms with E-state index in [1.165, 1.54) is 16.2 Å². The van der Waals surface area contributed by atoms with Gasteiger partial charge in [0.05, 0.1) is 4.91 Å². The fourth-order valence-corrected chi connectivity index (χ4v) is 5.01. The van der Waals surface area contributed by atoms with Gasteiger partial charge >= 0.3 is 0 Å². The van der Waals surface area contributed by atoms with E-state index in [0.29, 0.717) is 27.2 Å². The highest BCUT2D eigenvalue weighted by molar-refractivity contribution is 8.26. The molecule has 33 heavy (non-hydrogen) atoms. The standard InChI is InChI=1S/C25H25N3O3S2/c1-14(2)13-28-24(30)20(33-25(28)32)12-19-22(31-18-10-15(3)9-16(4)11-18)26-21-17(5)7-6-8-27(21)23(19)29/h6-12,14H,13H2,1-5H3/b20-12+. The van der Waals surface area contributed by atoms with Crippen molar-refractivity contribution >= 4 is 45.9 Å². The molecule has 0 atom stereocenters. The molecule has 0 radical (unpaired) electrons. The SMILES string of the molecule is Cc1cc(C)cc(Oc2nc3c(C)cccn3c(=O)c2/C=C2/SC(=S)N(CC(C)C)C2=O)c1. The number of thiocarbonyl (C=S) groups is 1. The molecule has 1 aliphatic heterocycles. The monoisotopic (exact) mass is 479 g/mol. The lowest BCUT2D eigenvalue weighted by Gasteiger charge is -2.16. The molecule has 8 heteroatoms. The van der Waals surface area contributed by atoms with E-state index in [9.17, 15) is 9.59 Å². The lowest BCUT2D eigenvalue weighted by Crippen LogP contribution is -2.31. The van der Waals surface area contributed by atoms with Crippen LogP contribution in [0, 0.1) is 26.7 Å². The van der Waals surface area contributed by atoms with Crippen LogP contribution < -0.4 is 10.3 Å². The molecule has 3 aromatic rings. The van der Waals surface area contributed by atoms with Gasteiger partial charge in [0.2, 0.25) is 5.88 Å². The maximum atomic E-state index is 13.5. The Hall–Kier alpha value is -2.97. The predicted octanol–water partition coefficient (Wildman–Crippen LogP) is 5.27. The Balaban J connectivity index is 1.88. The van der Waals surface area contributed by atoms with Crippen LogP contribution >= 0.6 is 24.0 Å². The minimum absolute atomic E-state index is 0.161. The molecular weight excluding hydrogens is 454 g/mol. The van der Waals surface area contributed by atoms with E-state index in [2.05, 4.69) is 4.98 Å². The smallest absolute Gasteiger partial charge is 0.269 e. The largest absolute Gasteiger partial charge is 0.438 e. The molecule has 0 bridgehead atoms. The number of carbonyl (C=O) groups is 1. The number of hydrogen-bond donors (Lipinski definition) is 0. The molecule has 1 saturated heterocycles. The summed E-state index contributed by atoms with van der Waals surface area (Å²) >= 11 is 6.61. The van der Waals surface area contributed by atoms with Crippen LogP contribution in [-0.4, -0.2) is 31.1 Å². The molecule has 6 nitrogen and oxygen atoms in total. The van der Waals surface area contributed by atoms with Gasteiger partial charge in [-0.3, -0.25) is 18.9 Å². The summed E-state index contributed by atoms with van der Waals surface area (Å²) in [6.07, 6.45) is 3.22. The van der Waals surface area contributed by atoms with Gasteiger partial charge in [-0.25, -0.2) is 0 Å². The fourth-order valence-electron chi connectivity index (χ4n) is 3.75. The topological polar surface area (TPSA) is 63.9 Å². The number of pyridine rings is 1. The number of ether oxygens (including phenoxy) is 1. The molecule has 1 amide bonds. The first-order valence-corrected chi connectivity index (χ1v) is 11.9. The van der Waals surface area contributed by atoms with Crippen LogP contribution in [0.15, 0.2) is 46.2 Å². The van der Waals surface area contributed by atoms with Gasteiger partial charge in [-0.2, -0.15) is 4.98 Å². The van der Waals surface area contributed by atoms with Gasteiger partial charge in [-0.05, 0) is 67.7 Å². The van der Waals surface area contributed by atoms with Crippen LogP contribution in [0.5, 0.6) is 11.6 Å². The second-order valence-electron chi connectivity index (χ2n) is 8.63. The highest BCUT2D eigenvalue weighted by Gasteiger charge is 2.33. The maximum absolute atomic E-state index is 13.5. The van der Waals surface area contributed by atoms with Crippen molar-refractivity contribution < 1.29 is 9.53 Å². The fraction of sp³-hybridized carbons (Fsp3) is 0.280. The molecule has 1 aliphatic rings. The van der Waals surface area contributed by atoms with Crippen molar-refractivity contribution in [2.45, 2.75) is 34.6 Å². The van der Waals surface area contributed by atoms with Crippen molar-refractivity contribution in [3.05, 3.63) is 74.0 Å². The van der Waals surface area contributed by atoms with E-state index in [4.69, 9.17) is 17.0 Å². The highest BCUT2D eigenvalue weighted by atomic mass is 32.2. The molecule has 0 N–H and O–H groups in total. The molecule has 0 saturated carbocycles. The molecular formula is C25H25N3O3S2. The maximum Gasteiger partial charge on any atom is 0.269 e. The Labute approximate surface area is 202 Å². The van der Waals surface area contributed by atoms with Gasteiger partial charge in [0.15, 0.2) is 0 Å². The van der Waals surface area contributed by atoms with E-state index < -0.39 is 0 Å². The molecule has 3 heterocycles. The van der Waals surface area contributed by atoms with Crippen LogP contribution in [-0.2, 0) is 4.79 Å². The van der Waals surface area contributed by atoms with Crippen LogP contribution in [0.3, 0.4) is 0 Å². The van der Waals surface area contributed by atoms with Crippen LogP contribution in [0.2, 0.25) is 0 Å². The first-order valence-electron chi connectivity index (χ1n) is 10.7. The Morgan fingerprint density at radius 2 is 1.85 bits per heavy atom. The summed E-state index contributed by atoms with van der Waals surface area (Å²) in [4.78, 5) is 33.2. The van der Waals surface area contributed by atoms with Crippen molar-refractivity contribution in [2.75, 3.05) is 6.54 Å². The van der Waals surface area contributed by atoms with Gasteiger partial charge in [0, 0.05) is 12.7 Å². The Bertz CT molecular complexity index is 1360. The number of benzene rings is 1. The van der Waals surface area contributed by atoms with Crippen LogP contribution in [0.4, 0.5) is 0 Å². The van der Waals surface area contributed by atoms with Gasteiger partial charge < -0.3 is 4.74 Å². The van der Waals surface area contributed by atoms with Crippen molar-refractivity contribution in [3.8, 4) is 11.6 Å². The number of aromatic nitrogens is 2. The molecule has 0 spiro atoms. The predicted molar refractivity (Wildman–Crippen MR) is 137 cm³/mol. The zero-order valence-electron chi connectivity index (χ0n) is 19.2. The lowest BCUT2D eigenvalue weighted by molar-refractivity contribution is -0.122. The quantitative estimate of drug-likeness (QED) is 0.367. The summed E-state index contributed by atoms with van der Waals surface area (Å²) in [5.41, 5.74) is 3.32. The summed E-state index contributed by atoms with van der Waals surface area (Å²) in [7, 11) is 0. The van der Waals surface area contributed by atoms with E-state index >= 15 is 0 Å². The zero-order valence-corrected chi connectivity index (χ0v) is 20.8. The average Bonchev–Trinajstić information content (AvgIpc) is 2.98. The van der Waals surface area contributed by atoms with Crippen molar-refractivity contribution in [2.24, 2.45) is 5.92 Å². The summed E-state index contributed by atoms with van der Waals surface area (Å²) in [6, 6.07) is 9.50. The number of nitrogens with zero attached hydrogens (tertiary/aromatic N) is 3. The summed E-state index contributed by atoms with van der Waals surface area (Å²) in [5, 5.41) is 0. The van der Waals surface area contributed by atoms with Gasteiger partial charge in [0.1, 0.15) is 21.3 Å². The average molecular weight is 480 g/mol. The molecule has 170 valence electrons. The molecule has 0 unspecified atom stereocenters. The molecule has 2 aromatic heterocycles. The van der Waals surface area contributed by atoms with Crippen LogP contribution in [0.25, 0.3) is 11.7 Å². The Kier molecular flexibility index (Phi) is 6.41. The number of fused-ring (bicyclic) bond motifs is 1. The number of amides is 1. The van der Waals surface area contributed by atoms with Crippen molar-refractivity contribution in [3.63, 3.8) is 0 Å². The number of rotatable bonds is 5. The normalized spacial score (nSPS) is 15.3. The zero-order chi connectivity index (χ0) is 23.9. The second-order valence-corrected chi connectivity index (χ2v) is 10.3. The minimum Gasteiger partial charge on any atom is -0.438 e. The minimum atomic E-state index is -0.308. The van der Waals surface area contributed by atoms with Gasteiger partial charge in [-0.15, -0.1) is 0 Å². The molecule has 1 aromatic carbocycles. The summed E-state index contributed by atoms with van der Waals surface area (Å²) in [6.45, 7) is 10.4. The third kappa shape index (κ3) is 4.72. The number of thioether (sulfide) groups is 1. The number of aryl methyl sites for hydroxylation is 3. The first kappa shape index (κ1) is 23.2. The first-order chi connectivity index (χ1) is 15.6. The lowest BCUT2D eigenvalue weighted by atomic mass is 10.1. The van der Waals surface area contributed by atoms with Crippen molar-refractivity contribution in [1.29, 1.82) is 0 Å². The summed E-state index contributed by atoms with van der Waals surface area (Å²) < 4.78 is 8.11. The van der Waals surface area contributed by atoms with E-state index in [1.54, 1.807) is 23.2 Å². The van der Waals surface area contributed by atoms with Gasteiger partial charge in [-0.1, -0.05) is 50.0 Å². The number of carbonyl (C=O) groups excluding carboxylic acids is 1. The van der Waals surface area contributed by atoms with E-state index in [0.717, 1.165) is 16.7 Å². The van der Waals surface area contributed by atoms with E-state index in [1.807, 2.05) is 58.9 Å². The van der Waals surface area contributed by atoms with Crippen molar-refractivity contribution in [1.82, 2.24) is 14.3 Å². The highest BCUT2D eigenvalue weighted by Crippen LogP contribution is 2.34. The second kappa shape index (κ2) is 9.11. The van der Waals surface area contributed by atoms with E-state index in [-0.39, 0.29) is 28.8 Å². The molecule has 4 rings (SSSR count). The molecule has 0 aliphatic carbocycles.